The molecule has 1 atom stereocenters. The second kappa shape index (κ2) is 10.7. The molecule has 0 aliphatic carbocycles. The maximum atomic E-state index is 13.2. The molecule has 37 heavy (non-hydrogen) atoms. The first-order valence-electron chi connectivity index (χ1n) is 11.8. The van der Waals surface area contributed by atoms with Crippen molar-refractivity contribution >= 4 is 23.2 Å². The molecular weight excluding hydrogens is 489 g/mol. The van der Waals surface area contributed by atoms with Crippen LogP contribution >= 0.6 is 0 Å². The van der Waals surface area contributed by atoms with Crippen molar-refractivity contribution in [1.82, 2.24) is 20.0 Å². The molecule has 1 saturated heterocycles. The predicted molar refractivity (Wildman–Crippen MR) is 129 cm³/mol. The molecule has 1 aliphatic rings. The van der Waals surface area contributed by atoms with Crippen LogP contribution in [0.4, 0.5) is 24.7 Å². The largest absolute Gasteiger partial charge is 0.416 e. The first-order chi connectivity index (χ1) is 17.5. The summed E-state index contributed by atoms with van der Waals surface area (Å²) < 4.78 is 44.6. The number of Topliss-reactive ketones (excluding diaryl/α,β-unsaturated/α-hetero) is 1. The lowest BCUT2D eigenvalue weighted by Gasteiger charge is -2.18. The third kappa shape index (κ3) is 6.13. The van der Waals surface area contributed by atoms with Crippen molar-refractivity contribution in [3.8, 4) is 0 Å². The minimum atomic E-state index is -4.55. The summed E-state index contributed by atoms with van der Waals surface area (Å²) in [6, 6.07) is 4.87. The molecule has 0 radical (unpaired) electrons. The number of amides is 1. The summed E-state index contributed by atoms with van der Waals surface area (Å²) in [5.41, 5.74) is 6.43. The quantitative estimate of drug-likeness (QED) is 0.416. The molecule has 1 aromatic carbocycles. The Balaban J connectivity index is 1.44. The highest BCUT2D eigenvalue weighted by atomic mass is 19.4. The average Bonchev–Trinajstić information content (AvgIpc) is 3.53. The van der Waals surface area contributed by atoms with Gasteiger partial charge in [-0.05, 0) is 50.6 Å². The molecule has 9 nitrogen and oxygen atoms in total. The fourth-order valence-electron chi connectivity index (χ4n) is 4.29. The number of ketones is 1. The number of carbonyl (C=O) groups is 2. The van der Waals surface area contributed by atoms with Crippen LogP contribution in [0.3, 0.4) is 0 Å². The standard InChI is InChI=1S/C25H27F3N6O3/c1-14-5-6-16(10-18(14)25(26,27)28)32-24(36)21-11-19(33-37-21)15(2)9-20(35)22-17(23(29)31-13-30-22)12-34-7-3-4-8-34/h5-6,10-11,13,15H,3-4,7-9,12H2,1-2H3,(H,32,36)(H2,29,30,31)/t15-/m0/s1. The van der Waals surface area contributed by atoms with Crippen molar-refractivity contribution in [3.05, 3.63) is 64.4 Å². The number of nitrogens with one attached hydrogen (secondary N) is 1. The van der Waals surface area contributed by atoms with Crippen molar-refractivity contribution in [1.29, 1.82) is 0 Å². The van der Waals surface area contributed by atoms with Gasteiger partial charge in [0, 0.05) is 36.2 Å². The van der Waals surface area contributed by atoms with Crippen LogP contribution < -0.4 is 11.1 Å². The average molecular weight is 517 g/mol. The number of carbonyl (C=O) groups excluding carboxylic acids is 2. The van der Waals surface area contributed by atoms with Crippen LogP contribution in [-0.4, -0.2) is 44.8 Å². The number of likely N-dealkylation sites (tertiary alicyclic amines) is 1. The number of nitrogen functional groups attached to an aromatic ring is 1. The molecule has 3 N–H and O–H groups in total. The second-order valence-corrected chi connectivity index (χ2v) is 9.20. The molecular formula is C25H27F3N6O3. The summed E-state index contributed by atoms with van der Waals surface area (Å²) in [6.45, 7) is 5.42. The molecule has 196 valence electrons. The predicted octanol–water partition coefficient (Wildman–Crippen LogP) is 4.60. The minimum Gasteiger partial charge on any atom is -0.383 e. The van der Waals surface area contributed by atoms with Gasteiger partial charge in [0.1, 0.15) is 17.8 Å². The Kier molecular flexibility index (Phi) is 7.58. The van der Waals surface area contributed by atoms with E-state index in [0.717, 1.165) is 32.0 Å². The number of rotatable bonds is 8. The van der Waals surface area contributed by atoms with Crippen LogP contribution in [0, 0.1) is 6.92 Å². The van der Waals surface area contributed by atoms with Gasteiger partial charge in [-0.2, -0.15) is 13.2 Å². The van der Waals surface area contributed by atoms with E-state index in [1.165, 1.54) is 31.5 Å². The first-order valence-corrected chi connectivity index (χ1v) is 11.8. The highest BCUT2D eigenvalue weighted by molar-refractivity contribution is 6.02. The lowest BCUT2D eigenvalue weighted by molar-refractivity contribution is -0.138. The number of alkyl halides is 3. The molecule has 0 saturated carbocycles. The van der Waals surface area contributed by atoms with Crippen LogP contribution in [0.25, 0.3) is 0 Å². The van der Waals surface area contributed by atoms with Gasteiger partial charge in [-0.25, -0.2) is 9.97 Å². The van der Waals surface area contributed by atoms with Crippen molar-refractivity contribution in [2.24, 2.45) is 0 Å². The zero-order chi connectivity index (χ0) is 26.7. The van der Waals surface area contributed by atoms with Gasteiger partial charge in [-0.15, -0.1) is 0 Å². The minimum absolute atomic E-state index is 0.0315. The fourth-order valence-corrected chi connectivity index (χ4v) is 4.29. The maximum absolute atomic E-state index is 13.2. The normalized spacial score (nSPS) is 15.1. The Morgan fingerprint density at radius 3 is 2.62 bits per heavy atom. The number of benzene rings is 1. The van der Waals surface area contributed by atoms with Gasteiger partial charge in [0.2, 0.25) is 5.76 Å². The third-order valence-electron chi connectivity index (χ3n) is 6.37. The van der Waals surface area contributed by atoms with Gasteiger partial charge in [0.05, 0.1) is 11.3 Å². The van der Waals surface area contributed by atoms with Gasteiger partial charge in [-0.3, -0.25) is 14.5 Å². The highest BCUT2D eigenvalue weighted by Crippen LogP contribution is 2.33. The maximum Gasteiger partial charge on any atom is 0.416 e. The molecule has 4 rings (SSSR count). The van der Waals surface area contributed by atoms with E-state index in [4.69, 9.17) is 10.3 Å². The molecule has 1 amide bonds. The lowest BCUT2D eigenvalue weighted by Crippen LogP contribution is -2.23. The zero-order valence-corrected chi connectivity index (χ0v) is 20.4. The summed E-state index contributed by atoms with van der Waals surface area (Å²) in [7, 11) is 0. The Bertz CT molecular complexity index is 1300. The van der Waals surface area contributed by atoms with E-state index in [-0.39, 0.29) is 40.7 Å². The number of aromatic nitrogens is 3. The van der Waals surface area contributed by atoms with E-state index in [1.54, 1.807) is 6.92 Å². The Morgan fingerprint density at radius 1 is 1.19 bits per heavy atom. The number of nitrogens with zero attached hydrogens (tertiary/aromatic N) is 4. The molecule has 12 heteroatoms. The van der Waals surface area contributed by atoms with E-state index >= 15 is 0 Å². The molecule has 1 fully saturated rings. The number of halogens is 3. The number of hydrogen-bond acceptors (Lipinski definition) is 8. The molecule has 3 heterocycles. The van der Waals surface area contributed by atoms with E-state index in [1.807, 2.05) is 0 Å². The summed E-state index contributed by atoms with van der Waals surface area (Å²) in [6.07, 6.45) is -1.08. The van der Waals surface area contributed by atoms with Crippen molar-refractivity contribution in [2.75, 3.05) is 24.1 Å². The SMILES string of the molecule is Cc1ccc(NC(=O)c2cc([C@@H](C)CC(=O)c3ncnc(N)c3CN3CCCC3)no2)cc1C(F)(F)F. The van der Waals surface area contributed by atoms with Gasteiger partial charge in [0.25, 0.3) is 5.91 Å². The Hall–Kier alpha value is -3.80. The molecule has 0 spiro atoms. The highest BCUT2D eigenvalue weighted by Gasteiger charge is 2.33. The molecule has 0 unspecified atom stereocenters. The van der Waals surface area contributed by atoms with Crippen LogP contribution in [0.5, 0.6) is 0 Å². The van der Waals surface area contributed by atoms with Gasteiger partial charge in [0.15, 0.2) is 5.78 Å². The topological polar surface area (TPSA) is 127 Å². The summed E-state index contributed by atoms with van der Waals surface area (Å²) in [5, 5.41) is 6.28. The molecule has 2 aromatic heterocycles. The van der Waals surface area contributed by atoms with Crippen LogP contribution in [0.2, 0.25) is 0 Å². The first kappa shape index (κ1) is 26.3. The second-order valence-electron chi connectivity index (χ2n) is 9.20. The van der Waals surface area contributed by atoms with Gasteiger partial charge < -0.3 is 15.6 Å². The Morgan fingerprint density at radius 2 is 1.92 bits per heavy atom. The van der Waals surface area contributed by atoms with Crippen LogP contribution in [0.1, 0.15) is 75.5 Å². The third-order valence-corrected chi connectivity index (χ3v) is 6.37. The molecule has 0 bridgehead atoms. The number of aryl methyl sites for hydroxylation is 1. The number of anilines is 2. The Labute approximate surface area is 211 Å². The number of hydrogen-bond donors (Lipinski definition) is 2. The monoisotopic (exact) mass is 516 g/mol. The van der Waals surface area contributed by atoms with Crippen LogP contribution in [-0.2, 0) is 12.7 Å². The van der Waals surface area contributed by atoms with E-state index in [2.05, 4.69) is 25.3 Å². The van der Waals surface area contributed by atoms with Crippen molar-refractivity contribution in [3.63, 3.8) is 0 Å². The van der Waals surface area contributed by atoms with Gasteiger partial charge >= 0.3 is 6.18 Å². The van der Waals surface area contributed by atoms with E-state index < -0.39 is 23.6 Å². The fraction of sp³-hybridized carbons (Fsp3) is 0.400. The van der Waals surface area contributed by atoms with E-state index in [0.29, 0.717) is 17.8 Å². The smallest absolute Gasteiger partial charge is 0.383 e. The lowest BCUT2D eigenvalue weighted by atomic mass is 9.97. The van der Waals surface area contributed by atoms with Crippen LogP contribution in [0.15, 0.2) is 35.1 Å². The van der Waals surface area contributed by atoms with Crippen molar-refractivity contribution < 1.29 is 27.3 Å². The summed E-state index contributed by atoms with van der Waals surface area (Å²) >= 11 is 0. The summed E-state index contributed by atoms with van der Waals surface area (Å²) in [4.78, 5) is 36.1. The molecule has 1 aliphatic heterocycles. The molecule has 3 aromatic rings. The van der Waals surface area contributed by atoms with Crippen molar-refractivity contribution in [2.45, 2.75) is 51.7 Å². The van der Waals surface area contributed by atoms with Gasteiger partial charge in [-0.1, -0.05) is 18.1 Å². The summed E-state index contributed by atoms with van der Waals surface area (Å²) in [5.74, 6) is -1.35. The zero-order valence-electron chi connectivity index (χ0n) is 20.4. The number of nitrogens with two attached hydrogens (primary N) is 1. The van der Waals surface area contributed by atoms with E-state index in [9.17, 15) is 22.8 Å².